The van der Waals surface area contributed by atoms with Crippen molar-refractivity contribution in [3.63, 3.8) is 0 Å². The highest BCUT2D eigenvalue weighted by atomic mass is 16.5. The van der Waals surface area contributed by atoms with Gasteiger partial charge in [0.25, 0.3) is 5.91 Å². The second-order valence-corrected chi connectivity index (χ2v) is 8.20. The van der Waals surface area contributed by atoms with Crippen LogP contribution in [0.5, 0.6) is 11.5 Å². The molecule has 3 heterocycles. The molecular formula is C24H27N5O2. The minimum Gasteiger partial charge on any atom is -0.457 e. The van der Waals surface area contributed by atoms with Crippen molar-refractivity contribution < 1.29 is 9.53 Å². The molecule has 1 unspecified atom stereocenters. The van der Waals surface area contributed by atoms with Crippen LogP contribution in [0.2, 0.25) is 0 Å². The Morgan fingerprint density at radius 3 is 2.39 bits per heavy atom. The van der Waals surface area contributed by atoms with E-state index in [-0.39, 0.29) is 0 Å². The van der Waals surface area contributed by atoms with Crippen molar-refractivity contribution in [2.75, 3.05) is 25.1 Å². The molecule has 4 N–H and O–H groups in total. The second-order valence-electron chi connectivity index (χ2n) is 8.20. The first-order valence-corrected chi connectivity index (χ1v) is 10.9. The van der Waals surface area contributed by atoms with E-state index in [1.165, 1.54) is 0 Å². The number of hydrogen-bond acceptors (Lipinski definition) is 5. The lowest BCUT2D eigenvalue weighted by atomic mass is 9.82. The summed E-state index contributed by atoms with van der Waals surface area (Å²) in [6, 6.07) is 17.3. The van der Waals surface area contributed by atoms with Gasteiger partial charge in [-0.25, -0.2) is 9.66 Å². The van der Waals surface area contributed by atoms with E-state index in [1.54, 1.807) is 0 Å². The molecule has 7 heteroatoms. The standard InChI is InChI=1S/C24H27N5O2/c25-23(30)22-21(17-6-8-19(9-7-17)31-18-4-2-1-3-5-18)28-24-20(12-15-27-29(22)24)16-10-13-26-14-11-16/h1-9,16,20,26-27H,10-15H2,(H2,25,30). The van der Waals surface area contributed by atoms with Crippen molar-refractivity contribution in [1.82, 2.24) is 15.0 Å². The Hall–Kier alpha value is -3.32. The van der Waals surface area contributed by atoms with E-state index in [4.69, 9.17) is 15.5 Å². The summed E-state index contributed by atoms with van der Waals surface area (Å²) < 4.78 is 7.72. The highest BCUT2D eigenvalue weighted by Crippen LogP contribution is 2.38. The van der Waals surface area contributed by atoms with E-state index >= 15 is 0 Å². The maximum atomic E-state index is 12.4. The third kappa shape index (κ3) is 3.88. The minimum atomic E-state index is -0.475. The number of carbonyl (C=O) groups is 1. The van der Waals surface area contributed by atoms with E-state index in [0.717, 1.165) is 61.8 Å². The minimum absolute atomic E-state index is 0.330. The number of primary amides is 1. The van der Waals surface area contributed by atoms with Crippen LogP contribution in [0.4, 0.5) is 0 Å². The number of aromatic nitrogens is 2. The smallest absolute Gasteiger partial charge is 0.269 e. The zero-order valence-corrected chi connectivity index (χ0v) is 17.4. The van der Waals surface area contributed by atoms with Crippen LogP contribution in [0.25, 0.3) is 11.3 Å². The Morgan fingerprint density at radius 1 is 0.968 bits per heavy atom. The third-order valence-corrected chi connectivity index (χ3v) is 6.25. The normalized spacial score (nSPS) is 18.8. The van der Waals surface area contributed by atoms with Gasteiger partial charge in [0.05, 0.1) is 0 Å². The number of amides is 1. The summed E-state index contributed by atoms with van der Waals surface area (Å²) in [5.74, 6) is 2.85. The van der Waals surface area contributed by atoms with E-state index in [0.29, 0.717) is 23.2 Å². The molecule has 1 fully saturated rings. The topological polar surface area (TPSA) is 94.2 Å². The molecule has 0 saturated carbocycles. The number of carbonyl (C=O) groups excluding carboxylic acids is 1. The Labute approximate surface area is 181 Å². The van der Waals surface area contributed by atoms with Crippen LogP contribution in [0.1, 0.15) is 41.5 Å². The molecule has 1 aromatic heterocycles. The third-order valence-electron chi connectivity index (χ3n) is 6.25. The molecule has 7 nitrogen and oxygen atoms in total. The van der Waals surface area contributed by atoms with Gasteiger partial charge in [0.2, 0.25) is 0 Å². The van der Waals surface area contributed by atoms with Gasteiger partial charge < -0.3 is 21.2 Å². The van der Waals surface area contributed by atoms with Gasteiger partial charge in [0.15, 0.2) is 5.69 Å². The second kappa shape index (κ2) is 8.43. The van der Waals surface area contributed by atoms with Crippen molar-refractivity contribution >= 4 is 5.91 Å². The lowest BCUT2D eigenvalue weighted by molar-refractivity contribution is 0.0992. The van der Waals surface area contributed by atoms with Crippen LogP contribution in [0.3, 0.4) is 0 Å². The molecule has 2 aromatic carbocycles. The van der Waals surface area contributed by atoms with Crippen molar-refractivity contribution in [3.05, 3.63) is 66.1 Å². The van der Waals surface area contributed by atoms with Gasteiger partial charge in [-0.3, -0.25) is 4.79 Å². The van der Waals surface area contributed by atoms with Gasteiger partial charge in [-0.2, -0.15) is 0 Å². The first-order chi connectivity index (χ1) is 15.2. The van der Waals surface area contributed by atoms with Gasteiger partial charge in [-0.15, -0.1) is 0 Å². The highest BCUT2D eigenvalue weighted by Gasteiger charge is 2.34. The fraction of sp³-hybridized carbons (Fsp3) is 0.333. The summed E-state index contributed by atoms with van der Waals surface area (Å²) in [5.41, 5.74) is 11.0. The molecule has 0 spiro atoms. The average Bonchev–Trinajstić information content (AvgIpc) is 3.21. The van der Waals surface area contributed by atoms with E-state index in [2.05, 4.69) is 10.7 Å². The maximum Gasteiger partial charge on any atom is 0.269 e. The average molecular weight is 418 g/mol. The Morgan fingerprint density at radius 2 is 1.68 bits per heavy atom. The summed E-state index contributed by atoms with van der Waals surface area (Å²) in [6.07, 6.45) is 3.28. The Balaban J connectivity index is 1.47. The number of piperidine rings is 1. The fourth-order valence-corrected chi connectivity index (χ4v) is 4.73. The first-order valence-electron chi connectivity index (χ1n) is 10.9. The van der Waals surface area contributed by atoms with E-state index in [9.17, 15) is 4.79 Å². The first kappa shape index (κ1) is 19.6. The number of imidazole rings is 1. The zero-order chi connectivity index (χ0) is 21.2. The molecule has 160 valence electrons. The molecule has 31 heavy (non-hydrogen) atoms. The number of rotatable bonds is 5. The summed E-state index contributed by atoms with van der Waals surface area (Å²) >= 11 is 0. The summed E-state index contributed by atoms with van der Waals surface area (Å²) in [6.45, 7) is 2.88. The maximum absolute atomic E-state index is 12.4. The van der Waals surface area contributed by atoms with Crippen LogP contribution >= 0.6 is 0 Å². The van der Waals surface area contributed by atoms with Gasteiger partial charge in [-0.05, 0) is 74.7 Å². The van der Waals surface area contributed by atoms with Crippen LogP contribution < -0.4 is 21.2 Å². The zero-order valence-electron chi connectivity index (χ0n) is 17.4. The van der Waals surface area contributed by atoms with Crippen LogP contribution in [0, 0.1) is 5.92 Å². The van der Waals surface area contributed by atoms with Crippen molar-refractivity contribution in [1.29, 1.82) is 0 Å². The van der Waals surface area contributed by atoms with Gasteiger partial charge in [0, 0.05) is 18.0 Å². The molecule has 1 amide bonds. The number of hydrogen-bond donors (Lipinski definition) is 3. The monoisotopic (exact) mass is 417 g/mol. The Kier molecular flexibility index (Phi) is 5.34. The predicted molar refractivity (Wildman–Crippen MR) is 120 cm³/mol. The fourth-order valence-electron chi connectivity index (χ4n) is 4.73. The van der Waals surface area contributed by atoms with Crippen LogP contribution in [-0.4, -0.2) is 35.2 Å². The van der Waals surface area contributed by atoms with Crippen LogP contribution in [-0.2, 0) is 0 Å². The molecule has 2 aliphatic heterocycles. The van der Waals surface area contributed by atoms with Gasteiger partial charge in [0.1, 0.15) is 23.0 Å². The number of ether oxygens (including phenoxy) is 1. The highest BCUT2D eigenvalue weighted by molar-refractivity contribution is 5.97. The summed E-state index contributed by atoms with van der Waals surface area (Å²) in [4.78, 5) is 17.4. The Bertz CT molecular complexity index is 1060. The SMILES string of the molecule is NC(=O)c1c(-c2ccc(Oc3ccccc3)cc2)nc2n1NCCC2C1CCNCC1. The van der Waals surface area contributed by atoms with E-state index < -0.39 is 5.91 Å². The largest absolute Gasteiger partial charge is 0.457 e. The van der Waals surface area contributed by atoms with Gasteiger partial charge in [-0.1, -0.05) is 18.2 Å². The number of nitrogens with one attached hydrogen (secondary N) is 2. The molecule has 5 rings (SSSR count). The number of nitrogens with zero attached hydrogens (tertiary/aromatic N) is 2. The van der Waals surface area contributed by atoms with Crippen LogP contribution in [0.15, 0.2) is 54.6 Å². The molecule has 0 bridgehead atoms. The van der Waals surface area contributed by atoms with Crippen molar-refractivity contribution in [3.8, 4) is 22.8 Å². The number of nitrogens with two attached hydrogens (primary N) is 1. The summed E-state index contributed by atoms with van der Waals surface area (Å²) in [5, 5.41) is 3.43. The van der Waals surface area contributed by atoms with Crippen molar-refractivity contribution in [2.45, 2.75) is 25.2 Å². The molecular weight excluding hydrogens is 390 g/mol. The number of para-hydroxylation sites is 1. The lowest BCUT2D eigenvalue weighted by Crippen LogP contribution is -2.37. The summed E-state index contributed by atoms with van der Waals surface area (Å²) in [7, 11) is 0. The quantitative estimate of drug-likeness (QED) is 0.591. The number of benzene rings is 2. The lowest BCUT2D eigenvalue weighted by Gasteiger charge is -2.34. The van der Waals surface area contributed by atoms with Crippen molar-refractivity contribution in [2.24, 2.45) is 11.7 Å². The predicted octanol–water partition coefficient (Wildman–Crippen LogP) is 3.47. The van der Waals surface area contributed by atoms with E-state index in [1.807, 2.05) is 59.3 Å². The number of fused-ring (bicyclic) bond motifs is 1. The molecule has 1 saturated heterocycles. The molecule has 3 aromatic rings. The molecule has 1 atom stereocenters. The molecule has 0 aliphatic carbocycles. The molecule has 2 aliphatic rings. The molecule has 0 radical (unpaired) electrons. The van der Waals surface area contributed by atoms with Gasteiger partial charge >= 0.3 is 0 Å².